The van der Waals surface area contributed by atoms with Gasteiger partial charge in [-0.25, -0.2) is 4.98 Å². The lowest BCUT2D eigenvalue weighted by molar-refractivity contribution is -0.136. The molecule has 3 aliphatic rings. The second-order valence-electron chi connectivity index (χ2n) is 18.2. The lowest BCUT2D eigenvalue weighted by Gasteiger charge is -2.53. The van der Waals surface area contributed by atoms with Crippen molar-refractivity contribution in [1.82, 2.24) is 14.5 Å². The Hall–Kier alpha value is -1.48. The first-order chi connectivity index (χ1) is 20.0. The van der Waals surface area contributed by atoms with Gasteiger partial charge in [0, 0.05) is 47.9 Å². The molecule has 44 heavy (non-hydrogen) atoms. The fourth-order valence-electron chi connectivity index (χ4n) is 9.76. The summed E-state index contributed by atoms with van der Waals surface area (Å²) < 4.78 is 8.52. The molecular formula is C36H66N6O2. The second kappa shape index (κ2) is 11.3. The Morgan fingerprint density at radius 2 is 1.66 bits per heavy atom. The number of hydrogen-bond donors (Lipinski definition) is 3. The van der Waals surface area contributed by atoms with Crippen LogP contribution in [0.5, 0.6) is 0 Å². The third-order valence-electron chi connectivity index (χ3n) is 13.2. The first-order valence-corrected chi connectivity index (χ1v) is 17.2. The van der Waals surface area contributed by atoms with Crippen LogP contribution < -0.4 is 17.2 Å². The zero-order valence-electron chi connectivity index (χ0n) is 30.2. The van der Waals surface area contributed by atoms with Gasteiger partial charge < -0.3 is 31.4 Å². The van der Waals surface area contributed by atoms with Gasteiger partial charge in [-0.15, -0.1) is 0 Å². The number of likely N-dealkylation sites (tertiary alicyclic amines) is 1. The van der Waals surface area contributed by atoms with Gasteiger partial charge in [0.15, 0.2) is 0 Å². The molecule has 7 unspecified atom stereocenters. The van der Waals surface area contributed by atoms with Gasteiger partial charge in [0.2, 0.25) is 5.91 Å². The molecule has 1 aromatic rings. The molecule has 2 saturated heterocycles. The summed E-state index contributed by atoms with van der Waals surface area (Å²) in [7, 11) is 0. The Balaban J connectivity index is 1.77. The monoisotopic (exact) mass is 615 g/mol. The minimum absolute atomic E-state index is 0.0220. The highest BCUT2D eigenvalue weighted by atomic mass is 16.6. The van der Waals surface area contributed by atoms with Crippen LogP contribution >= 0.6 is 0 Å². The first kappa shape index (κ1) is 35.4. The summed E-state index contributed by atoms with van der Waals surface area (Å²) in [6.45, 7) is 28.6. The van der Waals surface area contributed by atoms with Gasteiger partial charge in [-0.1, -0.05) is 61.8 Å². The highest BCUT2D eigenvalue weighted by Gasteiger charge is 2.84. The molecule has 0 radical (unpaired) electrons. The van der Waals surface area contributed by atoms with Crippen molar-refractivity contribution < 1.29 is 9.53 Å². The summed E-state index contributed by atoms with van der Waals surface area (Å²) in [5.41, 5.74) is 18.8. The van der Waals surface area contributed by atoms with E-state index in [0.717, 1.165) is 45.1 Å². The topological polar surface area (TPSA) is 129 Å². The summed E-state index contributed by atoms with van der Waals surface area (Å²) in [4.78, 5) is 19.7. The molecule has 0 bridgehead atoms. The molecule has 1 saturated carbocycles. The Kier molecular flexibility index (Phi) is 9.12. The summed E-state index contributed by atoms with van der Waals surface area (Å²) in [6, 6.07) is 0.137. The van der Waals surface area contributed by atoms with Gasteiger partial charge in [-0.3, -0.25) is 4.79 Å². The van der Waals surface area contributed by atoms with E-state index in [4.69, 9.17) is 21.9 Å². The lowest BCUT2D eigenvalue weighted by atomic mass is 9.55. The molecule has 252 valence electrons. The van der Waals surface area contributed by atoms with Crippen LogP contribution in [0.4, 0.5) is 0 Å². The van der Waals surface area contributed by atoms with E-state index in [1.54, 1.807) is 0 Å². The van der Waals surface area contributed by atoms with Crippen LogP contribution in [-0.4, -0.2) is 56.4 Å². The van der Waals surface area contributed by atoms with Crippen molar-refractivity contribution in [2.45, 2.75) is 164 Å². The number of rotatable bonds is 15. The zero-order chi connectivity index (χ0) is 33.3. The molecule has 0 spiro atoms. The summed E-state index contributed by atoms with van der Waals surface area (Å²) >= 11 is 0. The number of aromatic nitrogens is 2. The molecule has 1 aromatic heterocycles. The molecule has 0 aromatic carbocycles. The molecule has 7 atom stereocenters. The van der Waals surface area contributed by atoms with Crippen LogP contribution in [0.15, 0.2) is 18.7 Å². The number of nitrogens with two attached hydrogens (primary N) is 3. The maximum Gasteiger partial charge on any atom is 0.222 e. The molecule has 1 amide bonds. The fourth-order valence-corrected chi connectivity index (χ4v) is 9.76. The van der Waals surface area contributed by atoms with Crippen molar-refractivity contribution in [3.63, 3.8) is 0 Å². The quantitative estimate of drug-likeness (QED) is 0.201. The molecule has 3 fully saturated rings. The van der Waals surface area contributed by atoms with E-state index in [1.807, 2.05) is 18.7 Å². The second-order valence-corrected chi connectivity index (χ2v) is 18.2. The Morgan fingerprint density at radius 3 is 2.09 bits per heavy atom. The average molecular weight is 615 g/mol. The van der Waals surface area contributed by atoms with Gasteiger partial charge in [-0.05, 0) is 87.4 Å². The molecule has 4 rings (SSSR count). The molecule has 1 aliphatic carbocycles. The number of hydrogen-bond acceptors (Lipinski definition) is 6. The van der Waals surface area contributed by atoms with Gasteiger partial charge in [0.05, 0.1) is 12.4 Å². The molecular weight excluding hydrogens is 548 g/mol. The number of epoxide rings is 1. The predicted molar refractivity (Wildman–Crippen MR) is 180 cm³/mol. The summed E-state index contributed by atoms with van der Waals surface area (Å²) in [5.74, 6) is 0.729. The van der Waals surface area contributed by atoms with E-state index >= 15 is 0 Å². The van der Waals surface area contributed by atoms with Gasteiger partial charge in [-0.2, -0.15) is 0 Å². The van der Waals surface area contributed by atoms with Crippen molar-refractivity contribution >= 4 is 5.91 Å². The molecule has 8 nitrogen and oxygen atoms in total. The minimum atomic E-state index is -0.426. The van der Waals surface area contributed by atoms with E-state index in [-0.39, 0.29) is 57.4 Å². The van der Waals surface area contributed by atoms with E-state index in [0.29, 0.717) is 12.3 Å². The highest BCUT2D eigenvalue weighted by molar-refractivity contribution is 5.78. The summed E-state index contributed by atoms with van der Waals surface area (Å²) in [6.07, 6.45) is 12.1. The number of carbonyl (C=O) groups excluding carboxylic acids is 1. The normalized spacial score (nSPS) is 31.4. The molecule has 6 N–H and O–H groups in total. The highest BCUT2D eigenvalue weighted by Crippen LogP contribution is 2.85. The number of amides is 1. The third-order valence-corrected chi connectivity index (χ3v) is 13.2. The Labute approximate surface area is 268 Å². The maximum atomic E-state index is 13.2. The van der Waals surface area contributed by atoms with Gasteiger partial charge >= 0.3 is 0 Å². The first-order valence-electron chi connectivity index (χ1n) is 17.2. The fraction of sp³-hybridized carbons (Fsp3) is 0.889. The number of imidazole rings is 1. The van der Waals surface area contributed by atoms with Crippen molar-refractivity contribution in [3.05, 3.63) is 18.7 Å². The van der Waals surface area contributed by atoms with Crippen LogP contribution in [-0.2, 0) is 9.53 Å². The lowest BCUT2D eigenvalue weighted by Crippen LogP contribution is -2.56. The molecule has 3 heterocycles. The van der Waals surface area contributed by atoms with Crippen LogP contribution in [0.2, 0.25) is 0 Å². The van der Waals surface area contributed by atoms with Crippen LogP contribution in [0.3, 0.4) is 0 Å². The minimum Gasteiger partial charge on any atom is -0.353 e. The molecule has 8 heteroatoms. The standard InChI is InChI=1S/C36H66N6O2/c1-13-15-24-35(12,30(2,3)20-26(34(10,11)39)41-19-17-40-23-41)36(24,28-29(37)44-28)22-31(4,5)33(8,9)25(21-32(6,7)38)42-18-14-16-27(42)43/h17,19,23-26,28-29H,13-16,18,20-22,37-39H2,1-12H3. The number of carbonyl (C=O) groups is 1. The average Bonchev–Trinajstić information content (AvgIpc) is 3.45. The van der Waals surface area contributed by atoms with E-state index < -0.39 is 11.1 Å². The van der Waals surface area contributed by atoms with Crippen LogP contribution in [0.25, 0.3) is 0 Å². The van der Waals surface area contributed by atoms with Crippen LogP contribution in [0, 0.1) is 33.0 Å². The van der Waals surface area contributed by atoms with Crippen molar-refractivity contribution in [3.8, 4) is 0 Å². The SMILES string of the molecule is CCCC1C(CC(C)(C)C(C)(C)C(CC(C)(C)N)N2CCCC2=O)(C2OC2N)C1(C)C(C)(C)CC(n1ccnc1)C(C)(C)N. The zero-order valence-corrected chi connectivity index (χ0v) is 30.2. The number of nitrogens with zero attached hydrogens (tertiary/aromatic N) is 3. The Bertz CT molecular complexity index is 1160. The maximum absolute atomic E-state index is 13.2. The smallest absolute Gasteiger partial charge is 0.222 e. The van der Waals surface area contributed by atoms with Gasteiger partial charge in [0.25, 0.3) is 0 Å². The molecule has 2 aliphatic heterocycles. The van der Waals surface area contributed by atoms with Crippen molar-refractivity contribution in [2.75, 3.05) is 6.54 Å². The van der Waals surface area contributed by atoms with E-state index in [9.17, 15) is 4.79 Å². The third kappa shape index (κ3) is 5.91. The van der Waals surface area contributed by atoms with E-state index in [2.05, 4.69) is 97.5 Å². The van der Waals surface area contributed by atoms with E-state index in [1.165, 1.54) is 0 Å². The number of ether oxygens (including phenoxy) is 1. The predicted octanol–water partition coefficient (Wildman–Crippen LogP) is 6.24. The van der Waals surface area contributed by atoms with Crippen molar-refractivity contribution in [1.29, 1.82) is 0 Å². The van der Waals surface area contributed by atoms with Gasteiger partial charge in [0.1, 0.15) is 12.3 Å². The Morgan fingerprint density at radius 1 is 1.05 bits per heavy atom. The van der Waals surface area contributed by atoms with Crippen molar-refractivity contribution in [2.24, 2.45) is 50.2 Å². The summed E-state index contributed by atoms with van der Waals surface area (Å²) in [5, 5.41) is 0. The van der Waals surface area contributed by atoms with Crippen LogP contribution in [0.1, 0.15) is 134 Å². The largest absolute Gasteiger partial charge is 0.353 e.